The highest BCUT2D eigenvalue weighted by Crippen LogP contribution is 2.19. The first-order valence-corrected chi connectivity index (χ1v) is 8.33. The molecule has 0 spiro atoms. The summed E-state index contributed by atoms with van der Waals surface area (Å²) in [6.45, 7) is -2.93. The maximum absolute atomic E-state index is 13.1. The first-order chi connectivity index (χ1) is 13.4. The molecule has 5 nitrogen and oxygen atoms in total. The topological polar surface area (TPSA) is 55.2 Å². The van der Waals surface area contributed by atoms with Crippen molar-refractivity contribution in [1.82, 2.24) is 14.5 Å². The second-order valence-corrected chi connectivity index (χ2v) is 6.07. The van der Waals surface area contributed by atoms with Crippen LogP contribution >= 0.6 is 0 Å². The molecule has 1 heterocycles. The van der Waals surface area contributed by atoms with Gasteiger partial charge in [-0.1, -0.05) is 18.2 Å². The molecule has 3 rings (SSSR count). The summed E-state index contributed by atoms with van der Waals surface area (Å²) in [5.74, 6) is -1.41. The summed E-state index contributed by atoms with van der Waals surface area (Å²) >= 11 is 0. The van der Waals surface area contributed by atoms with Crippen LogP contribution in [0.5, 0.6) is 0 Å². The van der Waals surface area contributed by atoms with E-state index in [1.165, 1.54) is 42.4 Å². The Morgan fingerprint density at radius 2 is 1.71 bits per heavy atom. The Hall–Kier alpha value is -3.42. The molecule has 0 radical (unpaired) electrons. The quantitative estimate of drug-likeness (QED) is 0.603. The monoisotopic (exact) mass is 387 g/mol. The van der Waals surface area contributed by atoms with Gasteiger partial charge in [0.05, 0.1) is 12.1 Å². The summed E-state index contributed by atoms with van der Waals surface area (Å²) in [7, 11) is 1.44. The molecule has 0 fully saturated rings. The maximum Gasteiger partial charge on any atom is 0.319 e. The summed E-state index contributed by atoms with van der Waals surface area (Å²) in [4.78, 5) is 30.7. The van der Waals surface area contributed by atoms with Crippen LogP contribution in [0.2, 0.25) is 0 Å². The molecule has 0 atom stereocenters. The van der Waals surface area contributed by atoms with Gasteiger partial charge in [0.25, 0.3) is 5.91 Å². The lowest BCUT2D eigenvalue weighted by Gasteiger charge is -2.19. The minimum Gasteiger partial charge on any atom is -0.334 e. The fraction of sp³-hybridized carbons (Fsp3) is 0.150. The first kappa shape index (κ1) is 19.3. The summed E-state index contributed by atoms with van der Waals surface area (Å²) in [6, 6.07) is 11.2. The van der Waals surface area contributed by atoms with Gasteiger partial charge >= 0.3 is 6.55 Å². The molecule has 28 heavy (non-hydrogen) atoms. The van der Waals surface area contributed by atoms with E-state index < -0.39 is 24.1 Å². The number of carbonyl (C=O) groups excluding carboxylic acids is 2. The van der Waals surface area contributed by atoms with Gasteiger partial charge in [-0.25, -0.2) is 9.37 Å². The highest BCUT2D eigenvalue weighted by molar-refractivity contribution is 6.15. The SMILES string of the molecule is CN(Cc1nccn1C(F)F)C(=O)c1ccccc1C(=O)c1ccc(F)cc1. The van der Waals surface area contributed by atoms with Crippen molar-refractivity contribution in [1.29, 1.82) is 0 Å². The lowest BCUT2D eigenvalue weighted by Crippen LogP contribution is -2.29. The number of rotatable bonds is 6. The van der Waals surface area contributed by atoms with Crippen LogP contribution < -0.4 is 0 Å². The van der Waals surface area contributed by atoms with Crippen LogP contribution in [0, 0.1) is 5.82 Å². The zero-order valence-electron chi connectivity index (χ0n) is 14.8. The number of benzene rings is 2. The van der Waals surface area contributed by atoms with Crippen LogP contribution in [-0.2, 0) is 6.54 Å². The molecule has 1 amide bonds. The molecule has 2 aromatic carbocycles. The van der Waals surface area contributed by atoms with Crippen molar-refractivity contribution in [3.8, 4) is 0 Å². The number of carbonyl (C=O) groups is 2. The van der Waals surface area contributed by atoms with E-state index in [-0.39, 0.29) is 29.1 Å². The standard InChI is InChI=1S/C20H16F3N3O2/c1-25(12-17-24-10-11-26(17)20(22)23)19(28)16-5-3-2-4-15(16)18(27)13-6-8-14(21)9-7-13/h2-11,20H,12H2,1H3. The van der Waals surface area contributed by atoms with Crippen molar-refractivity contribution < 1.29 is 22.8 Å². The van der Waals surface area contributed by atoms with Gasteiger partial charge < -0.3 is 4.90 Å². The molecular formula is C20H16F3N3O2. The van der Waals surface area contributed by atoms with E-state index in [1.54, 1.807) is 12.1 Å². The molecule has 0 bridgehead atoms. The predicted octanol–water partition coefficient (Wildman–Crippen LogP) is 3.92. The van der Waals surface area contributed by atoms with E-state index in [4.69, 9.17) is 0 Å². The molecule has 0 N–H and O–H groups in total. The third-order valence-electron chi connectivity index (χ3n) is 4.19. The molecule has 0 aliphatic heterocycles. The molecule has 8 heteroatoms. The van der Waals surface area contributed by atoms with Crippen LogP contribution in [0.3, 0.4) is 0 Å². The van der Waals surface area contributed by atoms with Crippen LogP contribution in [0.1, 0.15) is 38.7 Å². The van der Waals surface area contributed by atoms with Gasteiger partial charge in [-0.3, -0.25) is 14.2 Å². The van der Waals surface area contributed by atoms with Crippen LogP contribution in [0.15, 0.2) is 60.9 Å². The van der Waals surface area contributed by atoms with Gasteiger partial charge in [-0.15, -0.1) is 0 Å². The second kappa shape index (κ2) is 8.08. The average molecular weight is 387 g/mol. The maximum atomic E-state index is 13.1. The smallest absolute Gasteiger partial charge is 0.319 e. The van der Waals surface area contributed by atoms with Gasteiger partial charge in [0.15, 0.2) is 5.78 Å². The number of hydrogen-bond donors (Lipinski definition) is 0. The summed E-state index contributed by atoms with van der Waals surface area (Å²) < 4.78 is 39.7. The lowest BCUT2D eigenvalue weighted by atomic mass is 9.97. The van der Waals surface area contributed by atoms with Crippen LogP contribution in [0.25, 0.3) is 0 Å². The van der Waals surface area contributed by atoms with Crippen molar-refractivity contribution in [2.45, 2.75) is 13.1 Å². The molecule has 144 valence electrons. The Morgan fingerprint density at radius 3 is 2.36 bits per heavy atom. The fourth-order valence-corrected chi connectivity index (χ4v) is 2.76. The first-order valence-electron chi connectivity index (χ1n) is 8.33. The Balaban J connectivity index is 1.87. The van der Waals surface area contributed by atoms with E-state index in [0.717, 1.165) is 18.3 Å². The fourth-order valence-electron chi connectivity index (χ4n) is 2.76. The summed E-state index contributed by atoms with van der Waals surface area (Å²) in [5.41, 5.74) is 0.496. The number of nitrogens with zero attached hydrogens (tertiary/aromatic N) is 3. The minimum absolute atomic E-state index is 0.0215. The Kier molecular flexibility index (Phi) is 5.58. The van der Waals surface area contributed by atoms with Crippen LogP contribution in [-0.4, -0.2) is 33.2 Å². The number of hydrogen-bond acceptors (Lipinski definition) is 3. The predicted molar refractivity (Wildman–Crippen MR) is 95.6 cm³/mol. The van der Waals surface area contributed by atoms with Gasteiger partial charge in [0.2, 0.25) is 0 Å². The number of halogens is 3. The summed E-state index contributed by atoms with van der Waals surface area (Å²) in [6.07, 6.45) is 2.36. The molecule has 0 saturated carbocycles. The molecular weight excluding hydrogens is 371 g/mol. The van der Waals surface area contributed by atoms with Gasteiger partial charge in [-0.2, -0.15) is 8.78 Å². The van der Waals surface area contributed by atoms with Crippen molar-refractivity contribution >= 4 is 11.7 Å². The Bertz CT molecular complexity index is 1000. The van der Waals surface area contributed by atoms with E-state index >= 15 is 0 Å². The number of ketones is 1. The Morgan fingerprint density at radius 1 is 1.07 bits per heavy atom. The largest absolute Gasteiger partial charge is 0.334 e. The number of aromatic nitrogens is 2. The second-order valence-electron chi connectivity index (χ2n) is 6.07. The van der Waals surface area contributed by atoms with Gasteiger partial charge in [-0.05, 0) is 30.3 Å². The molecule has 0 aliphatic carbocycles. The van der Waals surface area contributed by atoms with Crippen LogP contribution in [0.4, 0.5) is 13.2 Å². The highest BCUT2D eigenvalue weighted by Gasteiger charge is 2.22. The third-order valence-corrected chi connectivity index (χ3v) is 4.19. The van der Waals surface area contributed by atoms with Crippen molar-refractivity contribution in [2.24, 2.45) is 0 Å². The summed E-state index contributed by atoms with van der Waals surface area (Å²) in [5, 5.41) is 0. The zero-order valence-corrected chi connectivity index (χ0v) is 14.8. The molecule has 3 aromatic rings. The number of amides is 1. The Labute approximate surface area is 159 Å². The molecule has 0 unspecified atom stereocenters. The van der Waals surface area contributed by atoms with Crippen molar-refractivity contribution in [3.63, 3.8) is 0 Å². The van der Waals surface area contributed by atoms with E-state index in [2.05, 4.69) is 4.98 Å². The van der Waals surface area contributed by atoms with Gasteiger partial charge in [0, 0.05) is 30.6 Å². The van der Waals surface area contributed by atoms with Crippen molar-refractivity contribution in [2.75, 3.05) is 7.05 Å². The van der Waals surface area contributed by atoms with E-state index in [0.29, 0.717) is 4.57 Å². The number of imidazole rings is 1. The van der Waals surface area contributed by atoms with Gasteiger partial charge in [0.1, 0.15) is 11.6 Å². The average Bonchev–Trinajstić information content (AvgIpc) is 3.16. The molecule has 0 saturated heterocycles. The molecule has 0 aliphatic rings. The minimum atomic E-state index is -2.77. The normalized spacial score (nSPS) is 10.9. The highest BCUT2D eigenvalue weighted by atomic mass is 19.3. The lowest BCUT2D eigenvalue weighted by molar-refractivity contribution is 0.0612. The zero-order chi connectivity index (χ0) is 20.3. The molecule has 1 aromatic heterocycles. The third kappa shape index (κ3) is 3.95. The number of alkyl halides is 2. The van der Waals surface area contributed by atoms with E-state index in [9.17, 15) is 22.8 Å². The van der Waals surface area contributed by atoms with Crippen molar-refractivity contribution in [3.05, 3.63) is 89.3 Å². The van der Waals surface area contributed by atoms with E-state index in [1.807, 2.05) is 0 Å².